The number of carbonyl (C=O) groups is 3. The van der Waals surface area contributed by atoms with Gasteiger partial charge >= 0.3 is 5.97 Å². The van der Waals surface area contributed by atoms with E-state index < -0.39 is 34.6 Å². The van der Waals surface area contributed by atoms with Crippen molar-refractivity contribution in [2.75, 3.05) is 19.8 Å². The number of rotatable bonds is 12. The Morgan fingerprint density at radius 2 is 2.07 bits per heavy atom. The molecule has 10 nitrogen and oxygen atoms in total. The number of aliphatic hydroxyl groups is 1. The lowest BCUT2D eigenvalue weighted by molar-refractivity contribution is -0.154. The van der Waals surface area contributed by atoms with Crippen LogP contribution < -0.4 is 0 Å². The zero-order chi connectivity index (χ0) is 29.5. The molecule has 41 heavy (non-hydrogen) atoms. The molecule has 7 atom stereocenters. The van der Waals surface area contributed by atoms with Crippen LogP contribution in [0.25, 0.3) is 11.0 Å². The maximum absolute atomic E-state index is 14.7. The van der Waals surface area contributed by atoms with Gasteiger partial charge in [0.1, 0.15) is 18.2 Å². The zero-order valence-electron chi connectivity index (χ0n) is 23.3. The molecule has 1 spiro atoms. The van der Waals surface area contributed by atoms with Crippen LogP contribution in [0.2, 0.25) is 0 Å². The number of carbonyl (C=O) groups excluding carboxylic acids is 3. The number of amides is 2. The molecule has 12 heteroatoms. The molecule has 0 radical (unpaired) electrons. The predicted molar refractivity (Wildman–Crippen MR) is 160 cm³/mol. The van der Waals surface area contributed by atoms with Crippen LogP contribution in [-0.2, 0) is 25.8 Å². The topological polar surface area (TPSA) is 118 Å². The lowest BCUT2D eigenvalue weighted by Crippen LogP contribution is -2.58. The first-order valence-electron chi connectivity index (χ1n) is 13.9. The molecule has 2 aromatic rings. The van der Waals surface area contributed by atoms with Gasteiger partial charge in [0.05, 0.1) is 41.4 Å². The number of esters is 1. The van der Waals surface area contributed by atoms with Crippen LogP contribution in [0.5, 0.6) is 0 Å². The number of benzene rings is 1. The van der Waals surface area contributed by atoms with Gasteiger partial charge in [-0.15, -0.1) is 30.0 Å². The average molecular weight is 647 g/mol. The van der Waals surface area contributed by atoms with Gasteiger partial charge in [-0.05, 0) is 30.9 Å². The molecule has 3 aliphatic rings. The molecule has 1 aromatic heterocycles. The van der Waals surface area contributed by atoms with E-state index in [9.17, 15) is 19.5 Å². The van der Waals surface area contributed by atoms with Gasteiger partial charge in [-0.1, -0.05) is 59.3 Å². The third-order valence-corrected chi connectivity index (χ3v) is 11.7. The second-order valence-corrected chi connectivity index (χ2v) is 13.9. The number of para-hydroxylation sites is 1. The number of aromatic nitrogens is 3. The van der Waals surface area contributed by atoms with E-state index in [0.717, 1.165) is 5.52 Å². The molecule has 1 aromatic carbocycles. The molecule has 3 aliphatic heterocycles. The van der Waals surface area contributed by atoms with E-state index in [-0.39, 0.29) is 54.2 Å². The quantitative estimate of drug-likeness (QED) is 0.162. The van der Waals surface area contributed by atoms with Crippen molar-refractivity contribution in [3.05, 3.63) is 49.6 Å². The standard InChI is InChI=1S/C29H36BrN5O5S/c1-5-7-13-40-28(39)22-23-26(37)35(21(15-36)17(3)4)25(29(23)14-18(30)24(22)41-29)27(38)33(12-6-2)16-34-20-11-9-8-10-19(20)31-32-34/h5-6,8-11,17-18,21-25,36H,1-2,7,12-16H2,3-4H3/t18?,21-,22+,23-,24+,25?,29?/m0/s1. The van der Waals surface area contributed by atoms with Crippen LogP contribution in [0.4, 0.5) is 0 Å². The second kappa shape index (κ2) is 11.9. The van der Waals surface area contributed by atoms with E-state index in [1.165, 1.54) is 0 Å². The monoisotopic (exact) mass is 645 g/mol. The molecule has 0 saturated carbocycles. The minimum atomic E-state index is -0.893. The fraction of sp³-hybridized carbons (Fsp3) is 0.552. The summed E-state index contributed by atoms with van der Waals surface area (Å²) in [6.45, 7) is 11.6. The van der Waals surface area contributed by atoms with Crippen LogP contribution in [0.1, 0.15) is 26.7 Å². The Kier molecular flexibility index (Phi) is 8.63. The first-order chi connectivity index (χ1) is 19.7. The van der Waals surface area contributed by atoms with Gasteiger partial charge in [-0.25, -0.2) is 4.68 Å². The Hall–Kier alpha value is -2.70. The molecular formula is C29H36BrN5O5S. The van der Waals surface area contributed by atoms with Gasteiger partial charge in [0.2, 0.25) is 11.8 Å². The Balaban J connectivity index is 1.56. The van der Waals surface area contributed by atoms with Crippen LogP contribution in [0.3, 0.4) is 0 Å². The fourth-order valence-electron chi connectivity index (χ4n) is 6.66. The second-order valence-electron chi connectivity index (χ2n) is 11.2. The maximum Gasteiger partial charge on any atom is 0.310 e. The van der Waals surface area contributed by atoms with E-state index >= 15 is 0 Å². The first kappa shape index (κ1) is 29.8. The number of fused-ring (bicyclic) bond motifs is 2. The van der Waals surface area contributed by atoms with Crippen molar-refractivity contribution in [3.63, 3.8) is 0 Å². The van der Waals surface area contributed by atoms with E-state index in [4.69, 9.17) is 4.74 Å². The van der Waals surface area contributed by atoms with Gasteiger partial charge < -0.3 is 19.6 Å². The number of thioether (sulfide) groups is 1. The smallest absolute Gasteiger partial charge is 0.310 e. The molecule has 3 fully saturated rings. The highest BCUT2D eigenvalue weighted by molar-refractivity contribution is 9.09. The molecule has 5 rings (SSSR count). The minimum absolute atomic E-state index is 0.0810. The van der Waals surface area contributed by atoms with Gasteiger partial charge in [0.25, 0.3) is 0 Å². The Morgan fingerprint density at radius 1 is 1.32 bits per heavy atom. The van der Waals surface area contributed by atoms with Crippen molar-refractivity contribution >= 4 is 56.5 Å². The number of nitrogens with zero attached hydrogens (tertiary/aromatic N) is 5. The summed E-state index contributed by atoms with van der Waals surface area (Å²) in [4.78, 5) is 45.6. The summed E-state index contributed by atoms with van der Waals surface area (Å²) in [6.07, 6.45) is 4.37. The van der Waals surface area contributed by atoms with Crippen LogP contribution in [0.15, 0.2) is 49.6 Å². The van der Waals surface area contributed by atoms with Gasteiger partial charge in [0, 0.05) is 16.6 Å². The van der Waals surface area contributed by atoms with Crippen molar-refractivity contribution < 1.29 is 24.2 Å². The molecule has 1 N–H and O–H groups in total. The van der Waals surface area contributed by atoms with Crippen molar-refractivity contribution in [1.82, 2.24) is 24.8 Å². The fourth-order valence-corrected chi connectivity index (χ4v) is 10.2. The van der Waals surface area contributed by atoms with Crippen LogP contribution >= 0.6 is 27.7 Å². The summed E-state index contributed by atoms with van der Waals surface area (Å²) in [5.41, 5.74) is 1.49. The van der Waals surface area contributed by atoms with E-state index in [2.05, 4.69) is 39.4 Å². The van der Waals surface area contributed by atoms with Gasteiger partial charge in [0.15, 0.2) is 0 Å². The highest BCUT2D eigenvalue weighted by Gasteiger charge is 2.76. The molecule has 2 amide bonds. The third kappa shape index (κ3) is 4.91. The summed E-state index contributed by atoms with van der Waals surface area (Å²) in [5, 5.41) is 18.8. The Morgan fingerprint density at radius 3 is 2.76 bits per heavy atom. The van der Waals surface area contributed by atoms with Crippen LogP contribution in [0, 0.1) is 17.8 Å². The van der Waals surface area contributed by atoms with E-state index in [1.807, 2.05) is 38.1 Å². The Bertz CT molecular complexity index is 1350. The van der Waals surface area contributed by atoms with Crippen molar-refractivity contribution in [3.8, 4) is 0 Å². The normalized spacial score (nSPS) is 29.1. The average Bonchev–Trinajstić information content (AvgIpc) is 3.66. The van der Waals surface area contributed by atoms with Gasteiger partial charge in [-0.3, -0.25) is 14.4 Å². The number of halogens is 1. The summed E-state index contributed by atoms with van der Waals surface area (Å²) < 4.78 is 6.39. The molecule has 3 unspecified atom stereocenters. The van der Waals surface area contributed by atoms with Crippen molar-refractivity contribution in [2.24, 2.45) is 17.8 Å². The minimum Gasteiger partial charge on any atom is -0.465 e. The highest BCUT2D eigenvalue weighted by Crippen LogP contribution is 2.68. The maximum atomic E-state index is 14.7. The van der Waals surface area contributed by atoms with E-state index in [1.54, 1.807) is 38.4 Å². The highest BCUT2D eigenvalue weighted by atomic mass is 79.9. The summed E-state index contributed by atoms with van der Waals surface area (Å²) in [7, 11) is 0. The van der Waals surface area contributed by atoms with Crippen molar-refractivity contribution in [1.29, 1.82) is 0 Å². The third-order valence-electron chi connectivity index (χ3n) is 8.50. The zero-order valence-corrected chi connectivity index (χ0v) is 25.7. The lowest BCUT2D eigenvalue weighted by Gasteiger charge is -2.40. The number of hydrogen-bond acceptors (Lipinski definition) is 8. The number of ether oxygens (including phenoxy) is 1. The summed E-state index contributed by atoms with van der Waals surface area (Å²) in [6, 6.07) is 6.01. The van der Waals surface area contributed by atoms with Crippen molar-refractivity contribution in [2.45, 2.75) is 60.3 Å². The lowest BCUT2D eigenvalue weighted by atomic mass is 9.71. The number of hydrogen-bond donors (Lipinski definition) is 1. The largest absolute Gasteiger partial charge is 0.465 e. The first-order valence-corrected chi connectivity index (χ1v) is 15.7. The predicted octanol–water partition coefficient (Wildman–Crippen LogP) is 3.00. The van der Waals surface area contributed by atoms with E-state index in [0.29, 0.717) is 18.4 Å². The number of alkyl halides is 1. The van der Waals surface area contributed by atoms with Gasteiger partial charge in [-0.2, -0.15) is 0 Å². The summed E-state index contributed by atoms with van der Waals surface area (Å²) in [5.74, 6) is -2.53. The Labute approximate surface area is 252 Å². The number of aliphatic hydroxyl groups excluding tert-OH is 1. The molecule has 2 bridgehead atoms. The number of likely N-dealkylation sites (tertiary alicyclic amines) is 1. The molecule has 0 aliphatic carbocycles. The summed E-state index contributed by atoms with van der Waals surface area (Å²) >= 11 is 5.32. The molecule has 220 valence electrons. The van der Waals surface area contributed by atoms with Crippen LogP contribution in [-0.4, -0.2) is 94.4 Å². The SMILES string of the molecule is C=CCCOC(=O)[C@H]1[C@@H]2SC3(CC2Br)C(C(=O)N(CC=C)Cn2nnc4ccccc42)N([C@@H](CO)C(C)C)C(=O)[C@H]13. The molecule has 4 heterocycles. The molecule has 3 saturated heterocycles. The molecular weight excluding hydrogens is 610 g/mol.